The highest BCUT2D eigenvalue weighted by Gasteiger charge is 2.23. The molecular weight excluding hydrogens is 423 g/mol. The van der Waals surface area contributed by atoms with Crippen LogP contribution < -0.4 is 10.6 Å². The van der Waals surface area contributed by atoms with E-state index in [-0.39, 0.29) is 24.0 Å². The first kappa shape index (κ1) is 20.2. The Morgan fingerprint density at radius 2 is 1.92 bits per heavy atom. The number of likely N-dealkylation sites (tertiary alicyclic amines) is 1. The lowest BCUT2D eigenvalue weighted by Gasteiger charge is -2.36. The van der Waals surface area contributed by atoms with Crippen LogP contribution in [0.2, 0.25) is 0 Å². The van der Waals surface area contributed by atoms with Crippen molar-refractivity contribution in [2.24, 2.45) is 4.99 Å². The van der Waals surface area contributed by atoms with Gasteiger partial charge in [-0.3, -0.25) is 9.89 Å². The van der Waals surface area contributed by atoms with Crippen molar-refractivity contribution in [1.82, 2.24) is 15.5 Å². The van der Waals surface area contributed by atoms with Gasteiger partial charge in [-0.1, -0.05) is 48.9 Å². The molecule has 4 nitrogen and oxygen atoms in total. The van der Waals surface area contributed by atoms with Crippen LogP contribution in [0.1, 0.15) is 37.7 Å². The molecule has 25 heavy (non-hydrogen) atoms. The number of hydrogen-bond donors (Lipinski definition) is 2. The minimum atomic E-state index is 0. The van der Waals surface area contributed by atoms with E-state index in [9.17, 15) is 0 Å². The fourth-order valence-electron chi connectivity index (χ4n) is 3.65. The number of halogens is 1. The first-order chi connectivity index (χ1) is 11.8. The summed E-state index contributed by atoms with van der Waals surface area (Å²) < 4.78 is 0. The van der Waals surface area contributed by atoms with E-state index in [4.69, 9.17) is 0 Å². The van der Waals surface area contributed by atoms with E-state index < -0.39 is 0 Å². The van der Waals surface area contributed by atoms with Gasteiger partial charge in [0.15, 0.2) is 5.96 Å². The molecule has 3 rings (SSSR count). The van der Waals surface area contributed by atoms with Crippen LogP contribution in [-0.2, 0) is 6.54 Å². The summed E-state index contributed by atoms with van der Waals surface area (Å²) in [5, 5.41) is 7.08. The third-order valence-corrected chi connectivity index (χ3v) is 5.06. The highest BCUT2D eigenvalue weighted by molar-refractivity contribution is 14.0. The molecule has 138 valence electrons. The number of nitrogens with zero attached hydrogens (tertiary/aromatic N) is 2. The predicted octanol–water partition coefficient (Wildman–Crippen LogP) is 3.54. The van der Waals surface area contributed by atoms with Crippen molar-refractivity contribution in [3.63, 3.8) is 0 Å². The second-order valence-corrected chi connectivity index (χ2v) is 6.84. The van der Waals surface area contributed by atoms with Crippen LogP contribution >= 0.6 is 24.0 Å². The number of hydrogen-bond acceptors (Lipinski definition) is 2. The number of nitrogens with one attached hydrogen (secondary N) is 2. The number of guanidine groups is 1. The fraction of sp³-hybridized carbons (Fsp3) is 0.550. The molecule has 1 atom stereocenters. The van der Waals surface area contributed by atoms with Crippen molar-refractivity contribution in [3.05, 3.63) is 48.0 Å². The van der Waals surface area contributed by atoms with E-state index in [2.05, 4.69) is 63.0 Å². The molecular formula is C20H31IN4. The molecule has 1 unspecified atom stereocenters. The summed E-state index contributed by atoms with van der Waals surface area (Å²) in [4.78, 5) is 7.01. The summed E-state index contributed by atoms with van der Waals surface area (Å²) in [5.41, 5.74) is 1.41. The molecule has 0 amide bonds. The lowest BCUT2D eigenvalue weighted by molar-refractivity contribution is 0.141. The van der Waals surface area contributed by atoms with Gasteiger partial charge in [0.25, 0.3) is 0 Å². The smallest absolute Gasteiger partial charge is 0.191 e. The van der Waals surface area contributed by atoms with Gasteiger partial charge >= 0.3 is 0 Å². The maximum absolute atomic E-state index is 4.39. The summed E-state index contributed by atoms with van der Waals surface area (Å²) in [7, 11) is 1.86. The van der Waals surface area contributed by atoms with E-state index >= 15 is 0 Å². The van der Waals surface area contributed by atoms with Gasteiger partial charge in [-0.25, -0.2) is 0 Å². The van der Waals surface area contributed by atoms with Crippen molar-refractivity contribution in [1.29, 1.82) is 0 Å². The first-order valence-corrected chi connectivity index (χ1v) is 9.25. The zero-order valence-corrected chi connectivity index (χ0v) is 17.5. The van der Waals surface area contributed by atoms with Crippen LogP contribution in [0.5, 0.6) is 0 Å². The van der Waals surface area contributed by atoms with E-state index in [1.807, 2.05) is 7.05 Å². The lowest BCUT2D eigenvalue weighted by Crippen LogP contribution is -2.50. The number of piperidine rings is 1. The van der Waals surface area contributed by atoms with E-state index in [1.165, 1.54) is 31.4 Å². The van der Waals surface area contributed by atoms with Crippen LogP contribution in [0.15, 0.2) is 47.5 Å². The Hall–Kier alpha value is -1.08. The van der Waals surface area contributed by atoms with Crippen LogP contribution in [-0.4, -0.2) is 43.1 Å². The normalized spacial score (nSPS) is 21.8. The lowest BCUT2D eigenvalue weighted by atomic mass is 10.0. The van der Waals surface area contributed by atoms with Crippen molar-refractivity contribution < 1.29 is 0 Å². The third-order valence-electron chi connectivity index (χ3n) is 5.06. The van der Waals surface area contributed by atoms with Gasteiger partial charge in [-0.2, -0.15) is 0 Å². The van der Waals surface area contributed by atoms with Gasteiger partial charge in [0, 0.05) is 32.2 Å². The summed E-state index contributed by atoms with van der Waals surface area (Å²) in [6.07, 6.45) is 10.6. The Balaban J connectivity index is 0.00000225. The Labute approximate surface area is 169 Å². The molecule has 1 aromatic rings. The van der Waals surface area contributed by atoms with Gasteiger partial charge in [0.1, 0.15) is 0 Å². The Bertz CT molecular complexity index is 550. The molecule has 0 radical (unpaired) electrons. The van der Waals surface area contributed by atoms with Gasteiger partial charge < -0.3 is 10.6 Å². The SMILES string of the molecule is CN=C(NCC1CCCCN1Cc1ccccc1)NC1CC=CC1.I. The van der Waals surface area contributed by atoms with Gasteiger partial charge in [-0.05, 0) is 37.8 Å². The molecule has 0 aromatic heterocycles. The maximum atomic E-state index is 4.39. The van der Waals surface area contributed by atoms with Gasteiger partial charge in [0.2, 0.25) is 0 Å². The van der Waals surface area contributed by atoms with E-state index in [0.29, 0.717) is 12.1 Å². The fourth-order valence-corrected chi connectivity index (χ4v) is 3.65. The molecule has 0 bridgehead atoms. The Kier molecular flexibility index (Phi) is 8.75. The molecule has 1 aliphatic carbocycles. The van der Waals surface area contributed by atoms with Crippen molar-refractivity contribution in [3.8, 4) is 0 Å². The zero-order chi connectivity index (χ0) is 16.6. The Morgan fingerprint density at radius 3 is 2.64 bits per heavy atom. The molecule has 1 aromatic carbocycles. The van der Waals surface area contributed by atoms with Crippen molar-refractivity contribution in [2.45, 2.75) is 50.7 Å². The van der Waals surface area contributed by atoms with E-state index in [1.54, 1.807) is 0 Å². The van der Waals surface area contributed by atoms with Crippen molar-refractivity contribution in [2.75, 3.05) is 20.1 Å². The molecule has 0 saturated carbocycles. The monoisotopic (exact) mass is 454 g/mol. The third kappa shape index (κ3) is 6.29. The summed E-state index contributed by atoms with van der Waals surface area (Å²) in [5.74, 6) is 0.939. The first-order valence-electron chi connectivity index (χ1n) is 9.25. The summed E-state index contributed by atoms with van der Waals surface area (Å²) in [6, 6.07) is 11.9. The minimum Gasteiger partial charge on any atom is -0.355 e. The van der Waals surface area contributed by atoms with Crippen LogP contribution in [0.3, 0.4) is 0 Å². The highest BCUT2D eigenvalue weighted by atomic mass is 127. The predicted molar refractivity (Wildman–Crippen MR) is 117 cm³/mol. The second kappa shape index (κ2) is 10.8. The van der Waals surface area contributed by atoms with Gasteiger partial charge in [-0.15, -0.1) is 24.0 Å². The van der Waals surface area contributed by atoms with E-state index in [0.717, 1.165) is 31.9 Å². The quantitative estimate of drug-likeness (QED) is 0.310. The minimum absolute atomic E-state index is 0. The summed E-state index contributed by atoms with van der Waals surface area (Å²) >= 11 is 0. The highest BCUT2D eigenvalue weighted by Crippen LogP contribution is 2.19. The zero-order valence-electron chi connectivity index (χ0n) is 15.2. The van der Waals surface area contributed by atoms with Crippen LogP contribution in [0.4, 0.5) is 0 Å². The molecule has 1 saturated heterocycles. The second-order valence-electron chi connectivity index (χ2n) is 6.84. The number of benzene rings is 1. The standard InChI is InChI=1S/C20H30N4.HI/c1-21-20(23-18-11-5-6-12-18)22-15-19-13-7-8-14-24(19)16-17-9-3-2-4-10-17;/h2-6,9-10,18-19H,7-8,11-16H2,1H3,(H2,21,22,23);1H. The number of rotatable bonds is 5. The molecule has 2 aliphatic rings. The van der Waals surface area contributed by atoms with Crippen LogP contribution in [0.25, 0.3) is 0 Å². The van der Waals surface area contributed by atoms with Crippen molar-refractivity contribution >= 4 is 29.9 Å². The molecule has 1 heterocycles. The van der Waals surface area contributed by atoms with Crippen LogP contribution in [0, 0.1) is 0 Å². The number of aliphatic imine (C=N–C) groups is 1. The summed E-state index contributed by atoms with van der Waals surface area (Å²) in [6.45, 7) is 3.21. The molecule has 1 fully saturated rings. The maximum Gasteiger partial charge on any atom is 0.191 e. The average Bonchev–Trinajstić information content (AvgIpc) is 3.14. The largest absolute Gasteiger partial charge is 0.355 e. The van der Waals surface area contributed by atoms with Gasteiger partial charge in [0.05, 0.1) is 0 Å². The average molecular weight is 454 g/mol. The molecule has 2 N–H and O–H groups in total. The molecule has 1 aliphatic heterocycles. The Morgan fingerprint density at radius 1 is 1.16 bits per heavy atom. The topological polar surface area (TPSA) is 39.7 Å². The molecule has 0 spiro atoms. The molecule has 5 heteroatoms.